The molecule has 0 aliphatic heterocycles. The van der Waals surface area contributed by atoms with Crippen molar-refractivity contribution in [1.82, 2.24) is 15.1 Å². The lowest BCUT2D eigenvalue weighted by Gasteiger charge is -2.09. The van der Waals surface area contributed by atoms with Crippen LogP contribution < -0.4 is 5.32 Å². The minimum absolute atomic E-state index is 0.00313. The average Bonchev–Trinajstić information content (AvgIpc) is 3.16. The van der Waals surface area contributed by atoms with Crippen LogP contribution in [0.25, 0.3) is 0 Å². The minimum atomic E-state index is -4.99. The van der Waals surface area contributed by atoms with Crippen LogP contribution >= 0.6 is 11.6 Å². The predicted molar refractivity (Wildman–Crippen MR) is 67.9 cm³/mol. The van der Waals surface area contributed by atoms with E-state index in [1.165, 1.54) is 0 Å². The van der Waals surface area contributed by atoms with Crippen LogP contribution in [0.3, 0.4) is 0 Å². The van der Waals surface area contributed by atoms with Crippen molar-refractivity contribution < 1.29 is 31.1 Å². The van der Waals surface area contributed by atoms with Gasteiger partial charge in [-0.25, -0.2) is 0 Å². The Morgan fingerprint density at radius 3 is 2.35 bits per heavy atom. The summed E-state index contributed by atoms with van der Waals surface area (Å²) in [5.74, 6) is -2.20. The number of amides is 1. The number of carbonyl (C=O) groups excluding carboxylic acids is 1. The number of carbonyl (C=O) groups is 1. The molecule has 1 aromatic rings. The summed E-state index contributed by atoms with van der Waals surface area (Å²) < 4.78 is 75.5. The summed E-state index contributed by atoms with van der Waals surface area (Å²) in [6, 6.07) is 0. The van der Waals surface area contributed by atoms with Crippen LogP contribution in [-0.4, -0.2) is 28.4 Å². The van der Waals surface area contributed by atoms with Crippen LogP contribution in [-0.2, 0) is 17.5 Å². The molecule has 2 rings (SSSR count). The second-order valence-electron chi connectivity index (χ2n) is 5.15. The highest BCUT2D eigenvalue weighted by molar-refractivity contribution is 6.32. The summed E-state index contributed by atoms with van der Waals surface area (Å²) in [5.41, 5.74) is -0.943. The number of halogens is 7. The first-order chi connectivity index (χ1) is 10.5. The summed E-state index contributed by atoms with van der Waals surface area (Å²) in [6.45, 7) is -0.402. The van der Waals surface area contributed by atoms with E-state index in [-0.39, 0.29) is 31.1 Å². The fraction of sp³-hybridized carbons (Fsp3) is 0.667. The molecular formula is C12H12ClF6N3O. The van der Waals surface area contributed by atoms with Crippen LogP contribution in [0.15, 0.2) is 0 Å². The topological polar surface area (TPSA) is 46.9 Å². The zero-order valence-corrected chi connectivity index (χ0v) is 12.3. The SMILES string of the molecule is O=C(NCCCn1nc(C(F)(F)F)c(Cl)c1C1CC1)C(F)(F)F. The number of hydrogen-bond acceptors (Lipinski definition) is 2. The zero-order chi connectivity index (χ0) is 17.4. The van der Waals surface area contributed by atoms with Gasteiger partial charge in [0.2, 0.25) is 0 Å². The first-order valence-electron chi connectivity index (χ1n) is 6.70. The van der Waals surface area contributed by atoms with E-state index < -0.39 is 29.0 Å². The Bertz CT molecular complexity index is 591. The fourth-order valence-electron chi connectivity index (χ4n) is 2.08. The lowest BCUT2D eigenvalue weighted by molar-refractivity contribution is -0.173. The molecule has 0 unspecified atom stereocenters. The van der Waals surface area contributed by atoms with Gasteiger partial charge in [0.05, 0.1) is 10.7 Å². The summed E-state index contributed by atoms with van der Waals surface area (Å²) in [4.78, 5) is 10.6. The van der Waals surface area contributed by atoms with Crippen molar-refractivity contribution >= 4 is 17.5 Å². The van der Waals surface area contributed by atoms with Crippen molar-refractivity contribution in [3.8, 4) is 0 Å². The number of nitrogens with zero attached hydrogens (tertiary/aromatic N) is 2. The van der Waals surface area contributed by atoms with E-state index in [2.05, 4.69) is 5.10 Å². The number of rotatable bonds is 5. The van der Waals surface area contributed by atoms with Crippen LogP contribution in [0.2, 0.25) is 5.02 Å². The third-order valence-corrected chi connectivity index (χ3v) is 3.63. The summed E-state index contributed by atoms with van der Waals surface area (Å²) in [5, 5.41) is 4.62. The third kappa shape index (κ3) is 4.30. The smallest absolute Gasteiger partial charge is 0.348 e. The van der Waals surface area contributed by atoms with Gasteiger partial charge < -0.3 is 5.32 Å². The van der Waals surface area contributed by atoms with Crippen LogP contribution in [0.4, 0.5) is 26.3 Å². The molecule has 1 fully saturated rings. The molecule has 0 radical (unpaired) electrons. The highest BCUT2D eigenvalue weighted by Crippen LogP contribution is 2.46. The maximum atomic E-state index is 12.8. The van der Waals surface area contributed by atoms with Gasteiger partial charge in [0.1, 0.15) is 0 Å². The van der Waals surface area contributed by atoms with E-state index >= 15 is 0 Å². The zero-order valence-electron chi connectivity index (χ0n) is 11.6. The van der Waals surface area contributed by atoms with Gasteiger partial charge in [0.25, 0.3) is 0 Å². The van der Waals surface area contributed by atoms with Gasteiger partial charge in [0.15, 0.2) is 5.69 Å². The molecule has 4 nitrogen and oxygen atoms in total. The first-order valence-corrected chi connectivity index (χ1v) is 7.08. The Hall–Kier alpha value is -1.45. The molecule has 0 atom stereocenters. The molecule has 0 bridgehead atoms. The number of nitrogens with one attached hydrogen (secondary N) is 1. The second-order valence-corrected chi connectivity index (χ2v) is 5.53. The van der Waals surface area contributed by atoms with Gasteiger partial charge >= 0.3 is 18.3 Å². The van der Waals surface area contributed by atoms with Gasteiger partial charge in [-0.1, -0.05) is 11.6 Å². The van der Waals surface area contributed by atoms with Gasteiger partial charge in [-0.2, -0.15) is 31.4 Å². The molecule has 1 aliphatic rings. The van der Waals surface area contributed by atoms with Crippen molar-refractivity contribution in [3.05, 3.63) is 16.4 Å². The number of aromatic nitrogens is 2. The quantitative estimate of drug-likeness (QED) is 0.643. The summed E-state index contributed by atoms with van der Waals surface area (Å²) >= 11 is 5.75. The van der Waals surface area contributed by atoms with Crippen molar-refractivity contribution in [2.24, 2.45) is 0 Å². The maximum absolute atomic E-state index is 12.8. The molecule has 11 heteroatoms. The highest BCUT2D eigenvalue weighted by atomic mass is 35.5. The van der Waals surface area contributed by atoms with E-state index in [0.29, 0.717) is 12.8 Å². The molecule has 1 aliphatic carbocycles. The second kappa shape index (κ2) is 6.21. The minimum Gasteiger partial charge on any atom is -0.348 e. The standard InChI is InChI=1S/C12H12ClF6N3O/c13-7-8(6-2-3-6)22(21-9(7)11(14,15)16)5-1-4-20-10(23)12(17,18)19/h6H,1-5H2,(H,20,23). The lowest BCUT2D eigenvalue weighted by Crippen LogP contribution is -2.37. The van der Waals surface area contributed by atoms with Crippen molar-refractivity contribution in [3.63, 3.8) is 0 Å². The highest BCUT2D eigenvalue weighted by Gasteiger charge is 2.42. The molecule has 1 N–H and O–H groups in total. The van der Waals surface area contributed by atoms with E-state index in [9.17, 15) is 31.1 Å². The Morgan fingerprint density at radius 1 is 1.26 bits per heavy atom. The average molecular weight is 364 g/mol. The molecule has 23 heavy (non-hydrogen) atoms. The third-order valence-electron chi connectivity index (χ3n) is 3.25. The number of hydrogen-bond donors (Lipinski definition) is 1. The van der Waals surface area contributed by atoms with E-state index in [1.807, 2.05) is 0 Å². The number of aryl methyl sites for hydroxylation is 1. The van der Waals surface area contributed by atoms with E-state index in [0.717, 1.165) is 4.68 Å². The molecule has 0 aromatic carbocycles. The molecule has 0 spiro atoms. The van der Waals surface area contributed by atoms with Gasteiger partial charge in [0, 0.05) is 19.0 Å². The first kappa shape index (κ1) is 17.9. The van der Waals surface area contributed by atoms with E-state index in [1.54, 1.807) is 5.32 Å². The lowest BCUT2D eigenvalue weighted by atomic mass is 10.2. The molecule has 0 saturated heterocycles. The predicted octanol–water partition coefficient (Wildman–Crippen LogP) is 3.50. The van der Waals surface area contributed by atoms with Crippen molar-refractivity contribution in [2.75, 3.05) is 6.54 Å². The van der Waals surface area contributed by atoms with Crippen LogP contribution in [0.5, 0.6) is 0 Å². The van der Waals surface area contributed by atoms with Crippen molar-refractivity contribution in [2.45, 2.75) is 44.1 Å². The fourth-order valence-corrected chi connectivity index (χ4v) is 2.48. The summed E-state index contributed by atoms with van der Waals surface area (Å²) in [7, 11) is 0. The molecule has 130 valence electrons. The van der Waals surface area contributed by atoms with Crippen LogP contribution in [0.1, 0.15) is 36.6 Å². The molecule has 1 saturated carbocycles. The largest absolute Gasteiger partial charge is 0.471 e. The molecular weight excluding hydrogens is 352 g/mol. The van der Waals surface area contributed by atoms with Gasteiger partial charge in [-0.05, 0) is 19.3 Å². The van der Waals surface area contributed by atoms with Gasteiger partial charge in [-0.3, -0.25) is 9.48 Å². The monoisotopic (exact) mass is 363 g/mol. The molecule has 1 heterocycles. The van der Waals surface area contributed by atoms with Crippen LogP contribution in [0, 0.1) is 0 Å². The normalized spacial score (nSPS) is 15.8. The Kier molecular flexibility index (Phi) is 4.84. The Morgan fingerprint density at radius 2 is 1.87 bits per heavy atom. The molecule has 1 aromatic heterocycles. The Balaban J connectivity index is 2.01. The summed E-state index contributed by atoms with van der Waals surface area (Å²) in [6.07, 6.45) is -8.31. The van der Waals surface area contributed by atoms with Gasteiger partial charge in [-0.15, -0.1) is 0 Å². The number of alkyl halides is 6. The van der Waals surface area contributed by atoms with Crippen molar-refractivity contribution in [1.29, 1.82) is 0 Å². The van der Waals surface area contributed by atoms with E-state index in [4.69, 9.17) is 11.6 Å². The maximum Gasteiger partial charge on any atom is 0.471 e. The Labute approximate surface area is 131 Å². The molecule has 1 amide bonds.